The second-order valence-corrected chi connectivity index (χ2v) is 16.1. The SMILES string of the molecule is c1ccc2cc(-c3ccc(-c4ccc(N(c5ccc(-c6ccc7c(ccc8ccccc87)c6)cc5)c5ccc(-c6cccc7oc8ccccc8c67)cc5)cc4)cc3)ccc2c1. The van der Waals surface area contributed by atoms with Gasteiger partial charge in [-0.05, 0) is 137 Å². The van der Waals surface area contributed by atoms with Crippen molar-refractivity contribution >= 4 is 71.3 Å². The number of nitrogens with zero attached hydrogens (tertiary/aromatic N) is 1. The van der Waals surface area contributed by atoms with E-state index in [1.807, 2.05) is 12.1 Å². The maximum atomic E-state index is 6.25. The highest BCUT2D eigenvalue weighted by Crippen LogP contribution is 2.41. The van der Waals surface area contributed by atoms with E-state index in [1.54, 1.807) is 0 Å². The molecule has 0 aliphatic heterocycles. The first kappa shape index (κ1) is 35.7. The number of para-hydroxylation sites is 1. The van der Waals surface area contributed by atoms with Gasteiger partial charge in [0.15, 0.2) is 0 Å². The predicted octanol–water partition coefficient (Wildman–Crippen LogP) is 17.2. The van der Waals surface area contributed by atoms with Crippen molar-refractivity contribution in [1.29, 1.82) is 0 Å². The number of fused-ring (bicyclic) bond motifs is 7. The number of anilines is 3. The highest BCUT2D eigenvalue weighted by Gasteiger charge is 2.16. The Morgan fingerprint density at radius 1 is 0.258 bits per heavy atom. The van der Waals surface area contributed by atoms with Gasteiger partial charge < -0.3 is 9.32 Å². The van der Waals surface area contributed by atoms with Crippen LogP contribution in [0.5, 0.6) is 0 Å². The monoisotopic (exact) mass is 789 g/mol. The standard InChI is InChI=1S/C60H39NO/c1-2-10-47-38-48(22-20-40(47)8-1)43-18-16-41(17-19-43)42-24-31-51(32-25-42)61(53-35-28-46(29-36-53)56-13-7-15-59-60(56)57-12-5-6-14-58(57)62-59)52-33-26-44(27-34-52)49-30-37-55-50(39-49)23-21-45-9-3-4-11-54(45)55/h1-39H. The number of hydrogen-bond acceptors (Lipinski definition) is 2. The van der Waals surface area contributed by atoms with Crippen molar-refractivity contribution in [2.45, 2.75) is 0 Å². The first-order valence-electron chi connectivity index (χ1n) is 21.2. The van der Waals surface area contributed by atoms with Crippen LogP contribution in [0.25, 0.3) is 98.8 Å². The molecule has 0 aliphatic carbocycles. The molecule has 0 fully saturated rings. The van der Waals surface area contributed by atoms with Crippen LogP contribution in [0, 0.1) is 0 Å². The molecule has 2 nitrogen and oxygen atoms in total. The molecule has 2 heteroatoms. The lowest BCUT2D eigenvalue weighted by Crippen LogP contribution is -2.09. The zero-order chi connectivity index (χ0) is 41.0. The number of hydrogen-bond donors (Lipinski definition) is 0. The van der Waals surface area contributed by atoms with E-state index in [9.17, 15) is 0 Å². The van der Waals surface area contributed by atoms with Gasteiger partial charge in [0, 0.05) is 27.8 Å². The van der Waals surface area contributed by atoms with Crippen molar-refractivity contribution in [3.05, 3.63) is 237 Å². The lowest BCUT2D eigenvalue weighted by Gasteiger charge is -2.26. The minimum atomic E-state index is 0.901. The van der Waals surface area contributed by atoms with Crippen molar-refractivity contribution in [1.82, 2.24) is 0 Å². The summed E-state index contributed by atoms with van der Waals surface area (Å²) in [6.45, 7) is 0. The zero-order valence-electron chi connectivity index (χ0n) is 33.9. The molecular weight excluding hydrogens is 751 g/mol. The first-order chi connectivity index (χ1) is 30.7. The zero-order valence-corrected chi connectivity index (χ0v) is 33.9. The second kappa shape index (κ2) is 14.8. The summed E-state index contributed by atoms with van der Waals surface area (Å²) in [7, 11) is 0. The van der Waals surface area contributed by atoms with Gasteiger partial charge in [0.25, 0.3) is 0 Å². The third-order valence-corrected chi connectivity index (χ3v) is 12.5. The summed E-state index contributed by atoms with van der Waals surface area (Å²) in [5, 5.41) is 9.86. The minimum Gasteiger partial charge on any atom is -0.456 e. The minimum absolute atomic E-state index is 0.901. The topological polar surface area (TPSA) is 16.4 Å². The Kier molecular flexibility index (Phi) is 8.53. The molecule has 0 bridgehead atoms. The fraction of sp³-hybridized carbons (Fsp3) is 0. The van der Waals surface area contributed by atoms with Crippen LogP contribution >= 0.6 is 0 Å². The quantitative estimate of drug-likeness (QED) is 0.150. The summed E-state index contributed by atoms with van der Waals surface area (Å²) in [6.07, 6.45) is 0. The van der Waals surface area contributed by atoms with E-state index in [1.165, 1.54) is 65.7 Å². The van der Waals surface area contributed by atoms with Crippen LogP contribution in [0.1, 0.15) is 0 Å². The molecule has 0 N–H and O–H groups in total. The van der Waals surface area contributed by atoms with E-state index >= 15 is 0 Å². The first-order valence-corrected chi connectivity index (χ1v) is 21.2. The van der Waals surface area contributed by atoms with Gasteiger partial charge in [0.05, 0.1) is 0 Å². The molecule has 0 unspecified atom stereocenters. The van der Waals surface area contributed by atoms with Gasteiger partial charge in [-0.25, -0.2) is 0 Å². The molecule has 0 amide bonds. The van der Waals surface area contributed by atoms with Gasteiger partial charge in [-0.1, -0.05) is 176 Å². The van der Waals surface area contributed by atoms with Crippen LogP contribution in [0.2, 0.25) is 0 Å². The van der Waals surface area contributed by atoms with Crippen LogP contribution < -0.4 is 4.90 Å². The molecule has 0 radical (unpaired) electrons. The Morgan fingerprint density at radius 2 is 0.694 bits per heavy atom. The molecule has 0 aliphatic rings. The van der Waals surface area contributed by atoms with Gasteiger partial charge in [-0.15, -0.1) is 0 Å². The van der Waals surface area contributed by atoms with Crippen molar-refractivity contribution in [3.8, 4) is 44.5 Å². The predicted molar refractivity (Wildman–Crippen MR) is 263 cm³/mol. The van der Waals surface area contributed by atoms with E-state index in [0.29, 0.717) is 0 Å². The summed E-state index contributed by atoms with van der Waals surface area (Å²) < 4.78 is 6.25. The van der Waals surface area contributed by atoms with E-state index in [2.05, 4.69) is 229 Å². The van der Waals surface area contributed by atoms with E-state index in [4.69, 9.17) is 4.42 Å². The van der Waals surface area contributed by atoms with E-state index < -0.39 is 0 Å². The van der Waals surface area contributed by atoms with Gasteiger partial charge in [-0.2, -0.15) is 0 Å². The van der Waals surface area contributed by atoms with Gasteiger partial charge in [0.2, 0.25) is 0 Å². The van der Waals surface area contributed by atoms with Crippen molar-refractivity contribution in [2.75, 3.05) is 4.90 Å². The summed E-state index contributed by atoms with van der Waals surface area (Å²) in [4.78, 5) is 2.35. The summed E-state index contributed by atoms with van der Waals surface area (Å²) in [5.41, 5.74) is 14.5. The van der Waals surface area contributed by atoms with Gasteiger partial charge in [-0.3, -0.25) is 0 Å². The summed E-state index contributed by atoms with van der Waals surface area (Å²) in [5.74, 6) is 0. The highest BCUT2D eigenvalue weighted by molar-refractivity contribution is 6.12. The summed E-state index contributed by atoms with van der Waals surface area (Å²) >= 11 is 0. The Morgan fingerprint density at radius 3 is 1.37 bits per heavy atom. The van der Waals surface area contributed by atoms with E-state index in [-0.39, 0.29) is 0 Å². The summed E-state index contributed by atoms with van der Waals surface area (Å²) in [6, 6.07) is 85.5. The van der Waals surface area contributed by atoms with Crippen LogP contribution in [0.15, 0.2) is 241 Å². The van der Waals surface area contributed by atoms with E-state index in [0.717, 1.165) is 50.1 Å². The lowest BCUT2D eigenvalue weighted by molar-refractivity contribution is 0.669. The normalized spacial score (nSPS) is 11.5. The molecular formula is C60H39NO. The van der Waals surface area contributed by atoms with Crippen molar-refractivity contribution in [3.63, 3.8) is 0 Å². The van der Waals surface area contributed by atoms with Gasteiger partial charge in [0.1, 0.15) is 11.2 Å². The molecule has 62 heavy (non-hydrogen) atoms. The van der Waals surface area contributed by atoms with Crippen LogP contribution in [-0.4, -0.2) is 0 Å². The van der Waals surface area contributed by atoms with Crippen molar-refractivity contribution < 1.29 is 4.42 Å². The number of furan rings is 1. The average molecular weight is 790 g/mol. The van der Waals surface area contributed by atoms with Crippen LogP contribution in [-0.2, 0) is 0 Å². The molecule has 0 saturated carbocycles. The largest absolute Gasteiger partial charge is 0.456 e. The average Bonchev–Trinajstić information content (AvgIpc) is 3.74. The maximum absolute atomic E-state index is 6.25. The molecule has 290 valence electrons. The molecule has 1 heterocycles. The van der Waals surface area contributed by atoms with Crippen LogP contribution in [0.3, 0.4) is 0 Å². The molecule has 11 aromatic carbocycles. The smallest absolute Gasteiger partial charge is 0.136 e. The Hall–Kier alpha value is -8.20. The second-order valence-electron chi connectivity index (χ2n) is 16.1. The Bertz CT molecular complexity index is 3600. The fourth-order valence-corrected chi connectivity index (χ4v) is 9.28. The fourth-order valence-electron chi connectivity index (χ4n) is 9.28. The van der Waals surface area contributed by atoms with Crippen LogP contribution in [0.4, 0.5) is 17.1 Å². The number of rotatable bonds is 7. The molecule has 12 rings (SSSR count). The molecule has 1 aromatic heterocycles. The maximum Gasteiger partial charge on any atom is 0.136 e. The highest BCUT2D eigenvalue weighted by atomic mass is 16.3. The Balaban J connectivity index is 0.896. The lowest BCUT2D eigenvalue weighted by atomic mass is 9.97. The molecule has 0 atom stereocenters. The molecule has 0 saturated heterocycles. The number of benzene rings is 11. The van der Waals surface area contributed by atoms with Crippen molar-refractivity contribution in [2.24, 2.45) is 0 Å². The Labute approximate surface area is 360 Å². The third kappa shape index (κ3) is 6.29. The molecule has 0 spiro atoms. The van der Waals surface area contributed by atoms with Gasteiger partial charge >= 0.3 is 0 Å². The molecule has 12 aromatic rings. The third-order valence-electron chi connectivity index (χ3n) is 12.5.